The Balaban J connectivity index is 4.35. The highest BCUT2D eigenvalue weighted by Crippen LogP contribution is 2.10. The van der Waals surface area contributed by atoms with E-state index in [2.05, 4.69) is 0 Å². The zero-order valence-corrected chi connectivity index (χ0v) is 8.47. The summed E-state index contributed by atoms with van der Waals surface area (Å²) in [6.07, 6.45) is -9.53. The third-order valence-electron chi connectivity index (χ3n) is 2.09. The van der Waals surface area contributed by atoms with Crippen LogP contribution in [0.15, 0.2) is 0 Å². The van der Waals surface area contributed by atoms with Crippen molar-refractivity contribution in [2.75, 3.05) is 6.61 Å². The van der Waals surface area contributed by atoms with Crippen LogP contribution in [0.25, 0.3) is 0 Å². The second kappa shape index (κ2) is 6.74. The van der Waals surface area contributed by atoms with Crippen LogP contribution in [-0.2, 0) is 4.79 Å². The molecular formula is C8H17NO7. The molecule has 5 atom stereocenters. The predicted molar refractivity (Wildman–Crippen MR) is 50.9 cm³/mol. The first-order chi connectivity index (χ1) is 7.31. The summed E-state index contributed by atoms with van der Waals surface area (Å²) in [6.45, 7) is -0.823. The molecule has 0 spiro atoms. The van der Waals surface area contributed by atoms with Gasteiger partial charge in [0.2, 0.25) is 5.91 Å². The number of aliphatic hydroxyl groups is 6. The number of carbonyl (C=O) groups excluding carboxylic acids is 1. The molecule has 0 bridgehead atoms. The van der Waals surface area contributed by atoms with Crippen LogP contribution < -0.4 is 5.73 Å². The first kappa shape index (κ1) is 15.2. The van der Waals surface area contributed by atoms with E-state index in [-0.39, 0.29) is 0 Å². The maximum atomic E-state index is 10.4. The standard InChI is InChI=1S/C8H17NO7/c9-5(13)1-3(11)6(14)8(16)7(15)4(12)2-10/h3-4,6-8,10-12,14-16H,1-2H2,(H2,9,13)/t3?,4-,6+,7+,8+/m0/s1. The molecule has 0 saturated heterocycles. The van der Waals surface area contributed by atoms with Gasteiger partial charge in [-0.1, -0.05) is 0 Å². The van der Waals surface area contributed by atoms with Gasteiger partial charge < -0.3 is 36.4 Å². The van der Waals surface area contributed by atoms with Crippen LogP contribution in [-0.4, -0.2) is 73.7 Å². The summed E-state index contributed by atoms with van der Waals surface area (Å²) < 4.78 is 0. The van der Waals surface area contributed by atoms with E-state index in [9.17, 15) is 25.2 Å². The molecule has 0 heterocycles. The van der Waals surface area contributed by atoms with Crippen molar-refractivity contribution in [2.24, 2.45) is 5.73 Å². The third-order valence-corrected chi connectivity index (χ3v) is 2.09. The van der Waals surface area contributed by atoms with Crippen molar-refractivity contribution in [2.45, 2.75) is 36.9 Å². The molecule has 0 fully saturated rings. The molecule has 0 aliphatic heterocycles. The molecule has 0 saturated carbocycles. The Kier molecular flexibility index (Phi) is 6.41. The fourth-order valence-corrected chi connectivity index (χ4v) is 1.09. The highest BCUT2D eigenvalue weighted by molar-refractivity contribution is 5.74. The largest absolute Gasteiger partial charge is 0.394 e. The Morgan fingerprint density at radius 1 is 0.938 bits per heavy atom. The van der Waals surface area contributed by atoms with E-state index in [1.807, 2.05) is 0 Å². The van der Waals surface area contributed by atoms with Crippen molar-refractivity contribution in [3.63, 3.8) is 0 Å². The number of aliphatic hydroxyl groups excluding tert-OH is 6. The summed E-state index contributed by atoms with van der Waals surface area (Å²) in [5, 5.41) is 54.4. The SMILES string of the molecule is NC(=O)CC(O)[C@@H](O)[C@@H](O)[C@H](O)[C@@H](O)CO. The first-order valence-corrected chi connectivity index (χ1v) is 4.60. The van der Waals surface area contributed by atoms with Gasteiger partial charge in [0.1, 0.15) is 24.4 Å². The Hall–Kier alpha value is -0.770. The van der Waals surface area contributed by atoms with Crippen LogP contribution in [0, 0.1) is 0 Å². The molecular weight excluding hydrogens is 222 g/mol. The summed E-state index contributed by atoms with van der Waals surface area (Å²) in [4.78, 5) is 10.4. The van der Waals surface area contributed by atoms with Gasteiger partial charge in [0.25, 0.3) is 0 Å². The van der Waals surface area contributed by atoms with E-state index in [4.69, 9.17) is 15.9 Å². The normalized spacial score (nSPS) is 20.9. The van der Waals surface area contributed by atoms with Crippen molar-refractivity contribution in [3.05, 3.63) is 0 Å². The van der Waals surface area contributed by atoms with Gasteiger partial charge in [-0.2, -0.15) is 0 Å². The van der Waals surface area contributed by atoms with Gasteiger partial charge in [0, 0.05) is 0 Å². The lowest BCUT2D eigenvalue weighted by molar-refractivity contribution is -0.145. The number of hydrogen-bond acceptors (Lipinski definition) is 7. The molecule has 0 aliphatic rings. The molecule has 1 amide bonds. The van der Waals surface area contributed by atoms with E-state index in [1.165, 1.54) is 0 Å². The number of primary amides is 1. The quantitative estimate of drug-likeness (QED) is 0.236. The molecule has 1 unspecified atom stereocenters. The van der Waals surface area contributed by atoms with Crippen LogP contribution in [0.3, 0.4) is 0 Å². The molecule has 0 aromatic rings. The molecule has 0 aliphatic carbocycles. The van der Waals surface area contributed by atoms with E-state index in [0.717, 1.165) is 0 Å². The molecule has 0 rings (SSSR count). The Labute approximate surface area is 91.6 Å². The van der Waals surface area contributed by atoms with Crippen LogP contribution in [0.1, 0.15) is 6.42 Å². The summed E-state index contributed by atoms with van der Waals surface area (Å²) in [7, 11) is 0. The lowest BCUT2D eigenvalue weighted by atomic mass is 9.98. The topological polar surface area (TPSA) is 164 Å². The average molecular weight is 239 g/mol. The average Bonchev–Trinajstić information content (AvgIpc) is 2.23. The summed E-state index contributed by atoms with van der Waals surface area (Å²) >= 11 is 0. The minimum atomic E-state index is -1.91. The Morgan fingerprint density at radius 2 is 1.38 bits per heavy atom. The Bertz CT molecular complexity index is 224. The fourth-order valence-electron chi connectivity index (χ4n) is 1.09. The lowest BCUT2D eigenvalue weighted by Gasteiger charge is -2.27. The molecule has 0 radical (unpaired) electrons. The molecule has 8 N–H and O–H groups in total. The number of amides is 1. The fraction of sp³-hybridized carbons (Fsp3) is 0.875. The van der Waals surface area contributed by atoms with Crippen LogP contribution in [0.4, 0.5) is 0 Å². The predicted octanol–water partition coefficient (Wildman–Crippen LogP) is -4.34. The van der Waals surface area contributed by atoms with Gasteiger partial charge in [-0.25, -0.2) is 0 Å². The van der Waals surface area contributed by atoms with E-state index in [0.29, 0.717) is 0 Å². The van der Waals surface area contributed by atoms with E-state index >= 15 is 0 Å². The maximum absolute atomic E-state index is 10.4. The molecule has 8 nitrogen and oxygen atoms in total. The zero-order chi connectivity index (χ0) is 12.9. The second-order valence-corrected chi connectivity index (χ2v) is 3.46. The van der Waals surface area contributed by atoms with Gasteiger partial charge in [-0.3, -0.25) is 4.79 Å². The molecule has 0 aromatic heterocycles. The number of nitrogens with two attached hydrogens (primary N) is 1. The minimum absolute atomic E-state index is 0.597. The Morgan fingerprint density at radius 3 is 1.75 bits per heavy atom. The van der Waals surface area contributed by atoms with Gasteiger partial charge in [-0.05, 0) is 0 Å². The second-order valence-electron chi connectivity index (χ2n) is 3.46. The number of rotatable bonds is 7. The van der Waals surface area contributed by atoms with Crippen LogP contribution in [0.5, 0.6) is 0 Å². The summed E-state index contributed by atoms with van der Waals surface area (Å²) in [5.41, 5.74) is 4.75. The smallest absolute Gasteiger partial charge is 0.220 e. The van der Waals surface area contributed by atoms with Crippen LogP contribution >= 0.6 is 0 Å². The lowest BCUT2D eigenvalue weighted by Crippen LogP contribution is -2.50. The highest BCUT2D eigenvalue weighted by Gasteiger charge is 2.34. The van der Waals surface area contributed by atoms with Crippen molar-refractivity contribution in [3.8, 4) is 0 Å². The van der Waals surface area contributed by atoms with Crippen molar-refractivity contribution >= 4 is 5.91 Å². The van der Waals surface area contributed by atoms with Crippen molar-refractivity contribution in [1.29, 1.82) is 0 Å². The van der Waals surface area contributed by atoms with Crippen LogP contribution in [0.2, 0.25) is 0 Å². The first-order valence-electron chi connectivity index (χ1n) is 4.60. The minimum Gasteiger partial charge on any atom is -0.394 e. The molecule has 96 valence electrons. The summed E-state index contributed by atoms with van der Waals surface area (Å²) in [5.74, 6) is -0.893. The van der Waals surface area contributed by atoms with Gasteiger partial charge in [0.15, 0.2) is 0 Å². The summed E-state index contributed by atoms with van der Waals surface area (Å²) in [6, 6.07) is 0. The maximum Gasteiger partial charge on any atom is 0.220 e. The molecule has 8 heteroatoms. The van der Waals surface area contributed by atoms with Gasteiger partial charge in [-0.15, -0.1) is 0 Å². The molecule has 16 heavy (non-hydrogen) atoms. The monoisotopic (exact) mass is 239 g/mol. The number of hydrogen-bond donors (Lipinski definition) is 7. The zero-order valence-electron chi connectivity index (χ0n) is 8.47. The third kappa shape index (κ3) is 4.39. The van der Waals surface area contributed by atoms with E-state index in [1.54, 1.807) is 0 Å². The van der Waals surface area contributed by atoms with Gasteiger partial charge in [0.05, 0.1) is 19.1 Å². The van der Waals surface area contributed by atoms with Gasteiger partial charge >= 0.3 is 0 Å². The van der Waals surface area contributed by atoms with Crippen molar-refractivity contribution in [1.82, 2.24) is 0 Å². The highest BCUT2D eigenvalue weighted by atomic mass is 16.4. The van der Waals surface area contributed by atoms with Crippen molar-refractivity contribution < 1.29 is 35.4 Å². The number of carbonyl (C=O) groups is 1. The molecule has 0 aromatic carbocycles. The van der Waals surface area contributed by atoms with E-state index < -0.39 is 49.5 Å².